The molecule has 0 amide bonds. The van der Waals surface area contributed by atoms with E-state index in [2.05, 4.69) is 15.9 Å². The van der Waals surface area contributed by atoms with Crippen molar-refractivity contribution in [3.05, 3.63) is 22.2 Å². The molecule has 5 heteroatoms. The molecule has 0 aliphatic carbocycles. The highest BCUT2D eigenvalue weighted by Crippen LogP contribution is 2.28. The molecule has 1 aromatic carbocycles. The van der Waals surface area contributed by atoms with Crippen LogP contribution < -0.4 is 5.73 Å². The molecule has 0 atom stereocenters. The zero-order chi connectivity index (χ0) is 9.30. The summed E-state index contributed by atoms with van der Waals surface area (Å²) in [4.78, 5) is 10.5. The van der Waals surface area contributed by atoms with Crippen LogP contribution in [0.15, 0.2) is 16.6 Å². The summed E-state index contributed by atoms with van der Waals surface area (Å²) in [5, 5.41) is 17.7. The Hall–Kier alpha value is -1.23. The van der Waals surface area contributed by atoms with Crippen molar-refractivity contribution in [3.63, 3.8) is 0 Å². The minimum atomic E-state index is -1.12. The average molecular weight is 232 g/mol. The van der Waals surface area contributed by atoms with Gasteiger partial charge in [-0.05, 0) is 22.0 Å². The van der Waals surface area contributed by atoms with Gasteiger partial charge in [-0.15, -0.1) is 0 Å². The van der Waals surface area contributed by atoms with Gasteiger partial charge in [0, 0.05) is 11.8 Å². The molecule has 0 fully saturated rings. The smallest absolute Gasteiger partial charge is 0.337 e. The van der Waals surface area contributed by atoms with Crippen LogP contribution in [0.3, 0.4) is 0 Å². The maximum atomic E-state index is 10.5. The highest BCUT2D eigenvalue weighted by molar-refractivity contribution is 9.10. The van der Waals surface area contributed by atoms with E-state index in [9.17, 15) is 4.79 Å². The van der Waals surface area contributed by atoms with Crippen LogP contribution >= 0.6 is 15.9 Å². The Morgan fingerprint density at radius 2 is 2.08 bits per heavy atom. The summed E-state index contributed by atoms with van der Waals surface area (Å²) in [5.41, 5.74) is 5.35. The van der Waals surface area contributed by atoms with Crippen LogP contribution in [-0.4, -0.2) is 16.2 Å². The van der Waals surface area contributed by atoms with E-state index in [1.807, 2.05) is 0 Å². The number of anilines is 1. The number of aromatic carboxylic acids is 1. The number of phenols is 1. The van der Waals surface area contributed by atoms with Crippen LogP contribution in [0.5, 0.6) is 5.75 Å². The lowest BCUT2D eigenvalue weighted by atomic mass is 10.2. The molecule has 12 heavy (non-hydrogen) atoms. The molecule has 0 saturated carbocycles. The van der Waals surface area contributed by atoms with Gasteiger partial charge >= 0.3 is 5.97 Å². The number of hydrogen-bond donors (Lipinski definition) is 3. The highest BCUT2D eigenvalue weighted by Gasteiger charge is 2.10. The third-order valence-electron chi connectivity index (χ3n) is 1.35. The Balaban J connectivity index is 3.33. The number of halogens is 1. The van der Waals surface area contributed by atoms with E-state index in [1.54, 1.807) is 0 Å². The van der Waals surface area contributed by atoms with E-state index in [-0.39, 0.29) is 17.0 Å². The predicted molar refractivity (Wildman–Crippen MR) is 47.2 cm³/mol. The van der Waals surface area contributed by atoms with Gasteiger partial charge in [0.15, 0.2) is 0 Å². The fraction of sp³-hybridized carbons (Fsp3) is 0. The lowest BCUT2D eigenvalue weighted by Crippen LogP contribution is -2.01. The van der Waals surface area contributed by atoms with E-state index in [0.29, 0.717) is 4.47 Å². The normalized spacial score (nSPS) is 9.75. The summed E-state index contributed by atoms with van der Waals surface area (Å²) < 4.78 is 0.314. The molecule has 1 aromatic rings. The number of carbonyl (C=O) groups is 1. The molecule has 4 nitrogen and oxygen atoms in total. The molecule has 0 spiro atoms. The topological polar surface area (TPSA) is 83.5 Å². The molecule has 0 aliphatic heterocycles. The monoisotopic (exact) mass is 231 g/mol. The number of hydrogen-bond acceptors (Lipinski definition) is 3. The van der Waals surface area contributed by atoms with Crippen LogP contribution in [0, 0.1) is 0 Å². The third-order valence-corrected chi connectivity index (χ3v) is 1.98. The van der Waals surface area contributed by atoms with Gasteiger partial charge in [0.25, 0.3) is 0 Å². The van der Waals surface area contributed by atoms with Gasteiger partial charge < -0.3 is 15.9 Å². The Morgan fingerprint density at radius 3 is 2.58 bits per heavy atom. The first-order valence-corrected chi connectivity index (χ1v) is 3.83. The summed E-state index contributed by atoms with van der Waals surface area (Å²) in [5.74, 6) is -1.19. The van der Waals surface area contributed by atoms with Gasteiger partial charge in [-0.2, -0.15) is 0 Å². The third kappa shape index (κ3) is 1.50. The van der Waals surface area contributed by atoms with Crippen LogP contribution in [0.1, 0.15) is 10.4 Å². The lowest BCUT2D eigenvalue weighted by molar-refractivity contribution is 0.0698. The molecule has 4 N–H and O–H groups in total. The van der Waals surface area contributed by atoms with Crippen molar-refractivity contribution in [1.29, 1.82) is 0 Å². The first-order valence-electron chi connectivity index (χ1n) is 3.03. The number of carboxylic acids is 1. The van der Waals surface area contributed by atoms with Crippen molar-refractivity contribution in [3.8, 4) is 5.75 Å². The van der Waals surface area contributed by atoms with Gasteiger partial charge in [-0.1, -0.05) is 0 Å². The van der Waals surface area contributed by atoms with Crippen LogP contribution in [0.4, 0.5) is 5.69 Å². The van der Waals surface area contributed by atoms with Crippen molar-refractivity contribution >= 4 is 27.6 Å². The Bertz CT molecular complexity index is 338. The molecule has 0 aliphatic rings. The summed E-state index contributed by atoms with van der Waals surface area (Å²) in [6.07, 6.45) is 0. The maximum absolute atomic E-state index is 10.5. The number of nitrogens with two attached hydrogens (primary N) is 1. The average Bonchev–Trinajstić information content (AvgIpc) is 1.96. The lowest BCUT2D eigenvalue weighted by Gasteiger charge is -2.02. The van der Waals surface area contributed by atoms with Gasteiger partial charge in [0.1, 0.15) is 5.75 Å². The van der Waals surface area contributed by atoms with Gasteiger partial charge in [-0.3, -0.25) is 0 Å². The van der Waals surface area contributed by atoms with E-state index >= 15 is 0 Å². The number of carboxylic acid groups (broad SMARTS) is 1. The zero-order valence-corrected chi connectivity index (χ0v) is 7.50. The predicted octanol–water partition coefficient (Wildman–Crippen LogP) is 1.44. The second-order valence-electron chi connectivity index (χ2n) is 2.20. The van der Waals surface area contributed by atoms with Gasteiger partial charge in [0.2, 0.25) is 0 Å². The summed E-state index contributed by atoms with van der Waals surface area (Å²) in [7, 11) is 0. The number of aromatic hydroxyl groups is 1. The largest absolute Gasteiger partial charge is 0.507 e. The zero-order valence-electron chi connectivity index (χ0n) is 5.91. The summed E-state index contributed by atoms with van der Waals surface area (Å²) in [6, 6.07) is 2.44. The van der Waals surface area contributed by atoms with E-state index in [4.69, 9.17) is 15.9 Å². The Morgan fingerprint density at radius 1 is 1.50 bits per heavy atom. The molecule has 0 unspecified atom stereocenters. The molecule has 0 radical (unpaired) electrons. The van der Waals surface area contributed by atoms with Crippen molar-refractivity contribution in [2.24, 2.45) is 0 Å². The first kappa shape index (κ1) is 8.86. The number of nitrogen functional groups attached to an aromatic ring is 1. The van der Waals surface area contributed by atoms with E-state index < -0.39 is 5.97 Å². The molecular formula is C7H6BrNO3. The number of benzene rings is 1. The van der Waals surface area contributed by atoms with Crippen molar-refractivity contribution < 1.29 is 15.0 Å². The quantitative estimate of drug-likeness (QED) is 0.639. The Labute approximate surface area is 76.8 Å². The van der Waals surface area contributed by atoms with Crippen LogP contribution in [-0.2, 0) is 0 Å². The molecule has 0 bridgehead atoms. The maximum Gasteiger partial charge on any atom is 0.337 e. The molecule has 0 saturated heterocycles. The van der Waals surface area contributed by atoms with Crippen LogP contribution in [0.25, 0.3) is 0 Å². The van der Waals surface area contributed by atoms with Crippen LogP contribution in [0.2, 0.25) is 0 Å². The minimum Gasteiger partial charge on any atom is -0.507 e. The van der Waals surface area contributed by atoms with Gasteiger partial charge in [-0.25, -0.2) is 4.79 Å². The Kier molecular flexibility index (Phi) is 2.23. The standard InChI is InChI=1S/C7H6BrNO3/c8-4-1-3(7(11)12)5(9)2-6(4)10/h1-2,10H,9H2,(H,11,12). The van der Waals surface area contributed by atoms with E-state index in [1.165, 1.54) is 12.1 Å². The highest BCUT2D eigenvalue weighted by atomic mass is 79.9. The van der Waals surface area contributed by atoms with Crippen molar-refractivity contribution in [1.82, 2.24) is 0 Å². The van der Waals surface area contributed by atoms with Crippen molar-refractivity contribution in [2.75, 3.05) is 5.73 Å². The fourth-order valence-electron chi connectivity index (χ4n) is 0.763. The van der Waals surface area contributed by atoms with E-state index in [0.717, 1.165) is 0 Å². The molecule has 64 valence electrons. The van der Waals surface area contributed by atoms with Gasteiger partial charge in [0.05, 0.1) is 10.0 Å². The molecule has 0 heterocycles. The first-order chi connectivity index (χ1) is 5.52. The molecule has 0 aromatic heterocycles. The summed E-state index contributed by atoms with van der Waals surface area (Å²) in [6.45, 7) is 0. The molecule has 1 rings (SSSR count). The minimum absolute atomic E-state index is 0.0281. The number of phenolic OH excluding ortho intramolecular Hbond substituents is 1. The fourth-order valence-corrected chi connectivity index (χ4v) is 1.11. The second kappa shape index (κ2) is 3.02. The van der Waals surface area contributed by atoms with Crippen molar-refractivity contribution in [2.45, 2.75) is 0 Å². The number of rotatable bonds is 1. The SMILES string of the molecule is Nc1cc(O)c(Br)cc1C(=O)O. The summed E-state index contributed by atoms with van der Waals surface area (Å²) >= 11 is 2.98. The second-order valence-corrected chi connectivity index (χ2v) is 3.05. The molecular weight excluding hydrogens is 226 g/mol.